The Balaban J connectivity index is 2.31. The lowest BCUT2D eigenvalue weighted by atomic mass is 10.4. The summed E-state index contributed by atoms with van der Waals surface area (Å²) in [4.78, 5) is 15.3. The van der Waals surface area contributed by atoms with E-state index in [0.717, 1.165) is 0 Å². The standard InChI is InChI=1S/C8H7ClN4OS/c1-10-7(14)5-2-3-13(12-5)8-11-6(9)4-15-8/h2-4H,1H3,(H,10,14). The highest BCUT2D eigenvalue weighted by molar-refractivity contribution is 7.12. The smallest absolute Gasteiger partial charge is 0.271 e. The second-order valence-corrected chi connectivity index (χ2v) is 3.90. The highest BCUT2D eigenvalue weighted by Crippen LogP contribution is 2.17. The van der Waals surface area contributed by atoms with Crippen molar-refractivity contribution in [1.29, 1.82) is 0 Å². The van der Waals surface area contributed by atoms with Crippen molar-refractivity contribution < 1.29 is 4.79 Å². The molecule has 2 rings (SSSR count). The summed E-state index contributed by atoms with van der Waals surface area (Å²) in [6.45, 7) is 0. The summed E-state index contributed by atoms with van der Waals surface area (Å²) >= 11 is 7.05. The van der Waals surface area contributed by atoms with Crippen LogP contribution < -0.4 is 5.32 Å². The van der Waals surface area contributed by atoms with E-state index >= 15 is 0 Å². The lowest BCUT2D eigenvalue weighted by Gasteiger charge is -1.94. The van der Waals surface area contributed by atoms with Gasteiger partial charge in [-0.2, -0.15) is 5.10 Å². The van der Waals surface area contributed by atoms with Crippen molar-refractivity contribution in [3.05, 3.63) is 28.5 Å². The zero-order valence-electron chi connectivity index (χ0n) is 7.77. The molecule has 0 bridgehead atoms. The number of nitrogens with one attached hydrogen (secondary N) is 1. The van der Waals surface area contributed by atoms with Gasteiger partial charge in [-0.05, 0) is 6.07 Å². The van der Waals surface area contributed by atoms with Crippen molar-refractivity contribution in [2.75, 3.05) is 7.05 Å². The first kappa shape index (κ1) is 10.1. The van der Waals surface area contributed by atoms with E-state index in [1.807, 2.05) is 0 Å². The fourth-order valence-corrected chi connectivity index (χ4v) is 1.91. The molecule has 2 aromatic rings. The molecule has 2 aromatic heterocycles. The number of halogens is 1. The van der Waals surface area contributed by atoms with Crippen molar-refractivity contribution in [2.24, 2.45) is 0 Å². The van der Waals surface area contributed by atoms with Crippen LogP contribution in [0.2, 0.25) is 5.15 Å². The van der Waals surface area contributed by atoms with E-state index in [1.54, 1.807) is 24.7 Å². The van der Waals surface area contributed by atoms with Crippen LogP contribution >= 0.6 is 22.9 Å². The number of amides is 1. The topological polar surface area (TPSA) is 59.8 Å². The minimum Gasteiger partial charge on any atom is -0.354 e. The Morgan fingerprint density at radius 1 is 1.67 bits per heavy atom. The molecule has 1 N–H and O–H groups in total. The number of hydrogen-bond acceptors (Lipinski definition) is 4. The SMILES string of the molecule is CNC(=O)c1ccn(-c2nc(Cl)cs2)n1. The molecule has 0 aliphatic carbocycles. The lowest BCUT2D eigenvalue weighted by molar-refractivity contribution is 0.0958. The Bertz CT molecular complexity index is 492. The fourth-order valence-electron chi connectivity index (χ4n) is 1.03. The van der Waals surface area contributed by atoms with Crippen LogP contribution in [0.3, 0.4) is 0 Å². The van der Waals surface area contributed by atoms with Crippen LogP contribution in [0.25, 0.3) is 5.13 Å². The fraction of sp³-hybridized carbons (Fsp3) is 0.125. The van der Waals surface area contributed by atoms with Crippen LogP contribution in [0.5, 0.6) is 0 Å². The van der Waals surface area contributed by atoms with Gasteiger partial charge in [0.05, 0.1) is 0 Å². The molecule has 0 saturated carbocycles. The molecular weight excluding hydrogens is 236 g/mol. The van der Waals surface area contributed by atoms with Crippen LogP contribution in [-0.4, -0.2) is 27.7 Å². The number of nitrogens with zero attached hydrogens (tertiary/aromatic N) is 3. The zero-order valence-corrected chi connectivity index (χ0v) is 9.34. The van der Waals surface area contributed by atoms with Gasteiger partial charge in [-0.1, -0.05) is 11.6 Å². The van der Waals surface area contributed by atoms with Crippen molar-refractivity contribution in [2.45, 2.75) is 0 Å². The van der Waals surface area contributed by atoms with Crippen molar-refractivity contribution in [3.8, 4) is 5.13 Å². The molecule has 0 aromatic carbocycles. The van der Waals surface area contributed by atoms with Gasteiger partial charge >= 0.3 is 0 Å². The van der Waals surface area contributed by atoms with Gasteiger partial charge in [-0.3, -0.25) is 4.79 Å². The van der Waals surface area contributed by atoms with Crippen LogP contribution in [0.1, 0.15) is 10.5 Å². The molecule has 2 heterocycles. The summed E-state index contributed by atoms with van der Waals surface area (Å²) in [7, 11) is 1.56. The van der Waals surface area contributed by atoms with Gasteiger partial charge in [0, 0.05) is 18.6 Å². The quantitative estimate of drug-likeness (QED) is 0.865. The summed E-state index contributed by atoms with van der Waals surface area (Å²) in [5.41, 5.74) is 0.351. The van der Waals surface area contributed by atoms with Crippen LogP contribution in [0.4, 0.5) is 0 Å². The molecule has 0 atom stereocenters. The summed E-state index contributed by atoms with van der Waals surface area (Å²) in [6.07, 6.45) is 1.67. The average Bonchev–Trinajstić information content (AvgIpc) is 2.84. The molecule has 78 valence electrons. The van der Waals surface area contributed by atoms with Crippen molar-refractivity contribution >= 4 is 28.8 Å². The third-order valence-electron chi connectivity index (χ3n) is 1.71. The third-order valence-corrected chi connectivity index (χ3v) is 2.86. The van der Waals surface area contributed by atoms with E-state index in [2.05, 4.69) is 15.4 Å². The predicted molar refractivity (Wildman–Crippen MR) is 57.6 cm³/mol. The van der Waals surface area contributed by atoms with Crippen molar-refractivity contribution in [3.63, 3.8) is 0 Å². The molecule has 5 nitrogen and oxygen atoms in total. The normalized spacial score (nSPS) is 10.3. The molecular formula is C8H7ClN4OS. The highest BCUT2D eigenvalue weighted by atomic mass is 35.5. The molecule has 7 heteroatoms. The third kappa shape index (κ3) is 2.00. The van der Waals surface area contributed by atoms with Gasteiger partial charge in [-0.15, -0.1) is 11.3 Å². The van der Waals surface area contributed by atoms with E-state index < -0.39 is 0 Å². The predicted octanol–water partition coefficient (Wildman–Crippen LogP) is 1.34. The number of aromatic nitrogens is 3. The largest absolute Gasteiger partial charge is 0.354 e. The molecule has 0 saturated heterocycles. The Hall–Kier alpha value is -1.40. The van der Waals surface area contributed by atoms with Gasteiger partial charge in [0.15, 0.2) is 5.69 Å². The summed E-state index contributed by atoms with van der Waals surface area (Å²) in [5.74, 6) is -0.226. The first-order valence-electron chi connectivity index (χ1n) is 4.10. The Labute approximate surface area is 94.7 Å². The first-order valence-corrected chi connectivity index (χ1v) is 5.35. The number of carbonyl (C=O) groups excluding carboxylic acids is 1. The second-order valence-electron chi connectivity index (χ2n) is 2.68. The molecule has 0 aliphatic heterocycles. The minimum absolute atomic E-state index is 0.226. The summed E-state index contributed by atoms with van der Waals surface area (Å²) in [5, 5.41) is 9.32. The monoisotopic (exact) mass is 242 g/mol. The van der Waals surface area contributed by atoms with E-state index in [1.165, 1.54) is 16.0 Å². The van der Waals surface area contributed by atoms with Crippen LogP contribution in [0.15, 0.2) is 17.6 Å². The zero-order chi connectivity index (χ0) is 10.8. The minimum atomic E-state index is -0.226. The molecule has 0 spiro atoms. The molecule has 0 unspecified atom stereocenters. The van der Waals surface area contributed by atoms with E-state index in [4.69, 9.17) is 11.6 Å². The molecule has 1 amide bonds. The van der Waals surface area contributed by atoms with E-state index in [9.17, 15) is 4.79 Å². The van der Waals surface area contributed by atoms with Gasteiger partial charge in [0.25, 0.3) is 5.91 Å². The van der Waals surface area contributed by atoms with Gasteiger partial charge in [-0.25, -0.2) is 9.67 Å². The molecule has 15 heavy (non-hydrogen) atoms. The second kappa shape index (κ2) is 4.00. The Kier molecular flexibility index (Phi) is 2.70. The highest BCUT2D eigenvalue weighted by Gasteiger charge is 2.09. The maximum Gasteiger partial charge on any atom is 0.271 e. The number of hydrogen-bond donors (Lipinski definition) is 1. The summed E-state index contributed by atoms with van der Waals surface area (Å²) in [6, 6.07) is 1.62. The van der Waals surface area contributed by atoms with Gasteiger partial charge in [0.1, 0.15) is 5.15 Å². The van der Waals surface area contributed by atoms with E-state index in [0.29, 0.717) is 16.0 Å². The maximum absolute atomic E-state index is 11.2. The summed E-state index contributed by atoms with van der Waals surface area (Å²) < 4.78 is 1.52. The van der Waals surface area contributed by atoms with Gasteiger partial charge < -0.3 is 5.32 Å². The van der Waals surface area contributed by atoms with Crippen LogP contribution in [-0.2, 0) is 0 Å². The number of rotatable bonds is 2. The number of thiazole rings is 1. The average molecular weight is 243 g/mol. The first-order chi connectivity index (χ1) is 7.20. The lowest BCUT2D eigenvalue weighted by Crippen LogP contribution is -2.18. The van der Waals surface area contributed by atoms with Crippen LogP contribution in [0, 0.1) is 0 Å². The number of carbonyl (C=O) groups is 1. The molecule has 0 fully saturated rings. The molecule has 0 aliphatic rings. The Morgan fingerprint density at radius 3 is 3.07 bits per heavy atom. The van der Waals surface area contributed by atoms with E-state index in [-0.39, 0.29) is 5.91 Å². The van der Waals surface area contributed by atoms with Gasteiger partial charge in [0.2, 0.25) is 5.13 Å². The molecule has 0 radical (unpaired) electrons. The maximum atomic E-state index is 11.2. The van der Waals surface area contributed by atoms with Crippen molar-refractivity contribution in [1.82, 2.24) is 20.1 Å². The Morgan fingerprint density at radius 2 is 2.47 bits per heavy atom.